The Morgan fingerprint density at radius 2 is 2.07 bits per heavy atom. The summed E-state index contributed by atoms with van der Waals surface area (Å²) in [6.07, 6.45) is 3.22. The number of nitrogens with zero attached hydrogens (tertiary/aromatic N) is 4. The van der Waals surface area contributed by atoms with Crippen LogP contribution >= 0.6 is 23.4 Å². The minimum atomic E-state index is -0.199. The van der Waals surface area contributed by atoms with E-state index in [2.05, 4.69) is 27.1 Å². The van der Waals surface area contributed by atoms with E-state index in [-0.39, 0.29) is 18.3 Å². The molecule has 0 atom stereocenters. The van der Waals surface area contributed by atoms with Crippen molar-refractivity contribution in [1.82, 2.24) is 19.7 Å². The lowest BCUT2D eigenvalue weighted by Crippen LogP contribution is -2.15. The lowest BCUT2D eigenvalue weighted by atomic mass is 10.3. The zero-order valence-corrected chi connectivity index (χ0v) is 16.5. The summed E-state index contributed by atoms with van der Waals surface area (Å²) in [5.74, 6) is 1.82. The highest BCUT2D eigenvalue weighted by Crippen LogP contribution is 2.19. The Morgan fingerprint density at radius 1 is 1.25 bits per heavy atom. The van der Waals surface area contributed by atoms with Crippen LogP contribution in [0.4, 0.5) is 5.82 Å². The number of hydrogen-bond donors (Lipinski definition) is 1. The molecule has 0 radical (unpaired) electrons. The molecule has 1 N–H and O–H groups in total. The fraction of sp³-hybridized carbons (Fsp3) is 0.158. The number of allylic oxidation sites excluding steroid dienone is 1. The molecule has 0 fully saturated rings. The van der Waals surface area contributed by atoms with E-state index in [0.717, 1.165) is 5.75 Å². The van der Waals surface area contributed by atoms with Crippen molar-refractivity contribution in [3.8, 4) is 5.75 Å². The predicted molar refractivity (Wildman–Crippen MR) is 110 cm³/mol. The Balaban J connectivity index is 1.59. The van der Waals surface area contributed by atoms with Crippen molar-refractivity contribution in [3.63, 3.8) is 0 Å². The molecule has 0 aliphatic carbocycles. The summed E-state index contributed by atoms with van der Waals surface area (Å²) in [6, 6.07) is 12.8. The summed E-state index contributed by atoms with van der Waals surface area (Å²) in [5.41, 5.74) is 0. The molecule has 0 saturated carbocycles. The van der Waals surface area contributed by atoms with Crippen molar-refractivity contribution in [2.24, 2.45) is 0 Å². The Labute approximate surface area is 171 Å². The van der Waals surface area contributed by atoms with E-state index in [9.17, 15) is 4.79 Å². The first kappa shape index (κ1) is 19.9. The van der Waals surface area contributed by atoms with Gasteiger partial charge in [0.25, 0.3) is 0 Å². The molecule has 0 unspecified atom stereocenters. The number of para-hydroxylation sites is 1. The molecule has 2 aromatic heterocycles. The molecule has 1 amide bonds. The third-order valence-corrected chi connectivity index (χ3v) is 4.73. The molecule has 144 valence electrons. The normalized spacial score (nSPS) is 10.5. The van der Waals surface area contributed by atoms with Crippen molar-refractivity contribution in [2.75, 3.05) is 11.1 Å². The molecular weight excluding hydrogens is 398 g/mol. The van der Waals surface area contributed by atoms with Gasteiger partial charge in [-0.1, -0.05) is 47.6 Å². The first-order valence-electron chi connectivity index (χ1n) is 8.40. The van der Waals surface area contributed by atoms with Gasteiger partial charge in [-0.05, 0) is 24.3 Å². The Morgan fingerprint density at radius 3 is 2.79 bits per heavy atom. The van der Waals surface area contributed by atoms with Gasteiger partial charge in [-0.3, -0.25) is 9.36 Å². The first-order valence-corrected chi connectivity index (χ1v) is 9.77. The van der Waals surface area contributed by atoms with Crippen molar-refractivity contribution in [3.05, 3.63) is 72.2 Å². The van der Waals surface area contributed by atoms with Gasteiger partial charge in [0.15, 0.2) is 11.0 Å². The number of nitrogens with one attached hydrogen (secondary N) is 1. The van der Waals surface area contributed by atoms with Crippen LogP contribution in [0.15, 0.2) is 66.5 Å². The maximum absolute atomic E-state index is 12.2. The van der Waals surface area contributed by atoms with E-state index in [4.69, 9.17) is 16.3 Å². The van der Waals surface area contributed by atoms with Gasteiger partial charge in [0.1, 0.15) is 18.2 Å². The second-order valence-corrected chi connectivity index (χ2v) is 6.98. The Kier molecular flexibility index (Phi) is 7.05. The number of benzene rings is 1. The average molecular weight is 416 g/mol. The van der Waals surface area contributed by atoms with Gasteiger partial charge in [0.2, 0.25) is 5.91 Å². The summed E-state index contributed by atoms with van der Waals surface area (Å²) in [5, 5.41) is 12.2. The number of hydrogen-bond acceptors (Lipinski definition) is 6. The molecule has 0 spiro atoms. The van der Waals surface area contributed by atoms with Crippen molar-refractivity contribution in [2.45, 2.75) is 18.3 Å². The van der Waals surface area contributed by atoms with Crippen LogP contribution in [0.25, 0.3) is 0 Å². The molecule has 2 heterocycles. The van der Waals surface area contributed by atoms with Crippen molar-refractivity contribution in [1.29, 1.82) is 0 Å². The molecule has 0 bridgehead atoms. The maximum Gasteiger partial charge on any atom is 0.236 e. The second-order valence-electron chi connectivity index (χ2n) is 5.60. The first-order chi connectivity index (χ1) is 13.7. The molecular formula is C19H18ClN5O2S. The van der Waals surface area contributed by atoms with Crippen LogP contribution in [-0.2, 0) is 17.9 Å². The van der Waals surface area contributed by atoms with Crippen LogP contribution in [0.3, 0.4) is 0 Å². The minimum absolute atomic E-state index is 0.166. The van der Waals surface area contributed by atoms with Crippen LogP contribution in [-0.4, -0.2) is 31.4 Å². The number of ether oxygens (including phenoxy) is 1. The highest BCUT2D eigenvalue weighted by atomic mass is 35.5. The third-order valence-electron chi connectivity index (χ3n) is 3.54. The van der Waals surface area contributed by atoms with Crippen LogP contribution in [0.1, 0.15) is 5.82 Å². The van der Waals surface area contributed by atoms with E-state index < -0.39 is 0 Å². The van der Waals surface area contributed by atoms with Crippen molar-refractivity contribution >= 4 is 35.1 Å². The number of halogens is 1. The predicted octanol–water partition coefficient (Wildman–Crippen LogP) is 3.82. The number of anilines is 1. The quantitative estimate of drug-likeness (QED) is 0.422. The van der Waals surface area contributed by atoms with Crippen LogP contribution in [0, 0.1) is 0 Å². The average Bonchev–Trinajstić information content (AvgIpc) is 3.09. The summed E-state index contributed by atoms with van der Waals surface area (Å²) in [7, 11) is 0. The Hall–Kier alpha value is -2.84. The molecule has 0 saturated heterocycles. The fourth-order valence-electron chi connectivity index (χ4n) is 2.27. The molecule has 28 heavy (non-hydrogen) atoms. The summed E-state index contributed by atoms with van der Waals surface area (Å²) in [6.45, 7) is 4.56. The van der Waals surface area contributed by atoms with E-state index >= 15 is 0 Å². The molecule has 3 rings (SSSR count). The Bertz CT molecular complexity index is 931. The zero-order chi connectivity index (χ0) is 19.8. The van der Waals surface area contributed by atoms with Gasteiger partial charge < -0.3 is 10.1 Å². The van der Waals surface area contributed by atoms with Gasteiger partial charge in [0.05, 0.1) is 10.8 Å². The van der Waals surface area contributed by atoms with Gasteiger partial charge in [-0.25, -0.2) is 4.98 Å². The summed E-state index contributed by atoms with van der Waals surface area (Å²) >= 11 is 7.07. The van der Waals surface area contributed by atoms with Crippen LogP contribution in [0.2, 0.25) is 5.02 Å². The van der Waals surface area contributed by atoms with Gasteiger partial charge in [-0.15, -0.1) is 16.8 Å². The molecule has 0 aliphatic heterocycles. The van der Waals surface area contributed by atoms with E-state index in [0.29, 0.717) is 28.4 Å². The largest absolute Gasteiger partial charge is 0.486 e. The van der Waals surface area contributed by atoms with Gasteiger partial charge in [-0.2, -0.15) is 0 Å². The number of rotatable bonds is 9. The highest BCUT2D eigenvalue weighted by molar-refractivity contribution is 7.99. The highest BCUT2D eigenvalue weighted by Gasteiger charge is 2.14. The molecule has 7 nitrogen and oxygen atoms in total. The number of aromatic nitrogens is 4. The molecule has 1 aromatic carbocycles. The third kappa shape index (κ3) is 5.58. The number of amides is 1. The van der Waals surface area contributed by atoms with E-state index in [1.165, 1.54) is 18.0 Å². The molecule has 9 heteroatoms. The number of thioether (sulfide) groups is 1. The lowest BCUT2D eigenvalue weighted by Gasteiger charge is -2.09. The maximum atomic E-state index is 12.2. The molecule has 3 aromatic rings. The zero-order valence-electron chi connectivity index (χ0n) is 14.9. The van der Waals surface area contributed by atoms with Gasteiger partial charge in [0, 0.05) is 12.7 Å². The number of carbonyl (C=O) groups is 1. The summed E-state index contributed by atoms with van der Waals surface area (Å²) in [4.78, 5) is 16.2. The SMILES string of the molecule is C=CCn1c(COc2ccccc2)nnc1SCC(=O)Nc1ccc(Cl)cn1. The monoisotopic (exact) mass is 415 g/mol. The lowest BCUT2D eigenvalue weighted by molar-refractivity contribution is -0.113. The molecule has 0 aliphatic rings. The standard InChI is InChI=1S/C19H18ClN5O2S/c1-2-10-25-17(12-27-15-6-4-3-5-7-15)23-24-19(25)28-13-18(26)22-16-9-8-14(20)11-21-16/h2-9,11H,1,10,12-13H2,(H,21,22,26). The fourth-order valence-corrected chi connectivity index (χ4v) is 3.15. The van der Waals surface area contributed by atoms with Crippen molar-refractivity contribution < 1.29 is 9.53 Å². The topological polar surface area (TPSA) is 81.9 Å². The summed E-state index contributed by atoms with van der Waals surface area (Å²) < 4.78 is 7.61. The number of pyridine rings is 1. The smallest absolute Gasteiger partial charge is 0.236 e. The number of carbonyl (C=O) groups excluding carboxylic acids is 1. The van der Waals surface area contributed by atoms with Crippen LogP contribution < -0.4 is 10.1 Å². The van der Waals surface area contributed by atoms with Crippen LogP contribution in [0.5, 0.6) is 5.75 Å². The van der Waals surface area contributed by atoms with Gasteiger partial charge >= 0.3 is 0 Å². The second kappa shape index (κ2) is 9.91. The minimum Gasteiger partial charge on any atom is -0.486 e. The van der Waals surface area contributed by atoms with E-state index in [1.54, 1.807) is 18.2 Å². The van der Waals surface area contributed by atoms with E-state index in [1.807, 2.05) is 34.9 Å².